The molecule has 9 heteroatoms. The molecular weight excluding hydrogens is 514 g/mol. The van der Waals surface area contributed by atoms with Gasteiger partial charge in [0.05, 0.1) is 23.1 Å². The van der Waals surface area contributed by atoms with Crippen molar-refractivity contribution in [2.45, 2.75) is 13.8 Å². The van der Waals surface area contributed by atoms with Gasteiger partial charge in [-0.15, -0.1) is 0 Å². The second kappa shape index (κ2) is 11.6. The molecule has 0 bridgehead atoms. The molecule has 1 aliphatic rings. The fraction of sp³-hybridized carbons (Fsp3) is 0.304. The molecule has 0 radical (unpaired) electrons. The maximum Gasteiger partial charge on any atom is 0.266 e. The normalized spacial score (nSPS) is 14.8. The van der Waals surface area contributed by atoms with Gasteiger partial charge in [0, 0.05) is 12.6 Å². The van der Waals surface area contributed by atoms with Crippen molar-refractivity contribution in [2.24, 2.45) is 0 Å². The zero-order valence-corrected chi connectivity index (χ0v) is 21.3. The molecule has 0 atom stereocenters. The predicted octanol–water partition coefficient (Wildman–Crippen LogP) is 5.54. The maximum absolute atomic E-state index is 12.5. The Hall–Kier alpha value is -2.23. The van der Waals surface area contributed by atoms with Gasteiger partial charge in [-0.1, -0.05) is 30.0 Å². The number of halogens is 1. The minimum Gasteiger partial charge on any atom is -0.497 e. The second-order valence-electron chi connectivity index (χ2n) is 6.56. The number of carbonyl (C=O) groups is 1. The van der Waals surface area contributed by atoms with Gasteiger partial charge in [0.25, 0.3) is 5.91 Å². The first-order valence-corrected chi connectivity index (χ1v) is 12.1. The largest absolute Gasteiger partial charge is 0.497 e. The summed E-state index contributed by atoms with van der Waals surface area (Å²) in [6.07, 6.45) is 1.82. The molecule has 3 rings (SSSR count). The topological polar surface area (TPSA) is 57.2 Å². The highest BCUT2D eigenvalue weighted by molar-refractivity contribution is 9.10. The number of benzene rings is 2. The van der Waals surface area contributed by atoms with Crippen LogP contribution in [0.25, 0.3) is 6.08 Å². The summed E-state index contributed by atoms with van der Waals surface area (Å²) in [5.41, 5.74) is 0.817. The summed E-state index contributed by atoms with van der Waals surface area (Å²) in [7, 11) is 1.62. The minimum atomic E-state index is -0.0772. The molecule has 32 heavy (non-hydrogen) atoms. The van der Waals surface area contributed by atoms with Crippen LogP contribution in [0.5, 0.6) is 23.0 Å². The number of hydrogen-bond acceptors (Lipinski definition) is 7. The molecule has 1 heterocycles. The molecule has 6 nitrogen and oxygen atoms in total. The molecule has 0 aromatic heterocycles. The van der Waals surface area contributed by atoms with Crippen molar-refractivity contribution in [1.82, 2.24) is 4.90 Å². The van der Waals surface area contributed by atoms with Gasteiger partial charge in [-0.2, -0.15) is 0 Å². The Labute approximate surface area is 206 Å². The number of methoxy groups -OCH3 is 1. The van der Waals surface area contributed by atoms with Crippen LogP contribution in [0.1, 0.15) is 19.4 Å². The van der Waals surface area contributed by atoms with Crippen molar-refractivity contribution in [3.63, 3.8) is 0 Å². The van der Waals surface area contributed by atoms with Crippen LogP contribution in [-0.4, -0.2) is 48.6 Å². The standard InChI is InChI=1S/C23H24BrNO5S2/c1-4-25-22(26)20(32-23(25)31)13-15-11-18(24)21(19(12-15)28-5-2)30-10-9-29-17-8-6-7-16(14-17)27-3/h6-8,11-14H,4-5,9-10H2,1-3H3/b20-13+. The molecule has 0 N–H and O–H groups in total. The van der Waals surface area contributed by atoms with Crippen molar-refractivity contribution in [2.75, 3.05) is 33.5 Å². The molecule has 0 saturated carbocycles. The molecule has 1 amide bonds. The third-order valence-electron chi connectivity index (χ3n) is 4.46. The van der Waals surface area contributed by atoms with Crippen molar-refractivity contribution in [3.8, 4) is 23.0 Å². The SMILES string of the molecule is CCOc1cc(/C=C2/SC(=S)N(CC)C2=O)cc(Br)c1OCCOc1cccc(OC)c1. The average molecular weight is 538 g/mol. The number of rotatable bonds is 10. The monoisotopic (exact) mass is 537 g/mol. The number of likely N-dealkylation sites (N-methyl/N-ethyl adjacent to an activating group) is 1. The van der Waals surface area contributed by atoms with Crippen LogP contribution >= 0.6 is 39.9 Å². The van der Waals surface area contributed by atoms with E-state index < -0.39 is 0 Å². The number of amides is 1. The number of hydrogen-bond donors (Lipinski definition) is 0. The summed E-state index contributed by atoms with van der Waals surface area (Å²) in [5.74, 6) is 2.53. The van der Waals surface area contributed by atoms with E-state index >= 15 is 0 Å². The molecule has 0 unspecified atom stereocenters. The number of carbonyl (C=O) groups excluding carboxylic acids is 1. The summed E-state index contributed by atoms with van der Waals surface area (Å²) in [4.78, 5) is 14.7. The first kappa shape index (κ1) is 24.4. The number of thiocarbonyl (C=S) groups is 1. The third-order valence-corrected chi connectivity index (χ3v) is 6.43. The molecule has 1 saturated heterocycles. The lowest BCUT2D eigenvalue weighted by molar-refractivity contribution is -0.121. The number of nitrogens with zero attached hydrogens (tertiary/aromatic N) is 1. The van der Waals surface area contributed by atoms with Crippen LogP contribution < -0.4 is 18.9 Å². The molecule has 1 fully saturated rings. The van der Waals surface area contributed by atoms with Gasteiger partial charge in [-0.05, 0) is 65.7 Å². The van der Waals surface area contributed by atoms with E-state index in [1.807, 2.05) is 56.3 Å². The van der Waals surface area contributed by atoms with Gasteiger partial charge >= 0.3 is 0 Å². The second-order valence-corrected chi connectivity index (χ2v) is 9.09. The Morgan fingerprint density at radius 2 is 1.84 bits per heavy atom. The lowest BCUT2D eigenvalue weighted by atomic mass is 10.2. The fourth-order valence-corrected chi connectivity index (χ4v) is 4.95. The molecular formula is C23H24BrNO5S2. The van der Waals surface area contributed by atoms with Crippen LogP contribution in [0.15, 0.2) is 45.8 Å². The zero-order chi connectivity index (χ0) is 23.1. The minimum absolute atomic E-state index is 0.0772. The van der Waals surface area contributed by atoms with E-state index in [4.69, 9.17) is 31.2 Å². The van der Waals surface area contributed by atoms with E-state index in [0.29, 0.717) is 52.8 Å². The van der Waals surface area contributed by atoms with E-state index in [9.17, 15) is 4.79 Å². The Balaban J connectivity index is 1.71. The summed E-state index contributed by atoms with van der Waals surface area (Å²) in [6.45, 7) is 5.52. The average Bonchev–Trinajstić information content (AvgIpc) is 3.05. The highest BCUT2D eigenvalue weighted by Crippen LogP contribution is 2.39. The van der Waals surface area contributed by atoms with Crippen LogP contribution in [-0.2, 0) is 4.79 Å². The molecule has 2 aromatic rings. The highest BCUT2D eigenvalue weighted by atomic mass is 79.9. The van der Waals surface area contributed by atoms with Crippen molar-refractivity contribution < 1.29 is 23.7 Å². The quantitative estimate of drug-likeness (QED) is 0.224. The molecule has 0 aliphatic carbocycles. The van der Waals surface area contributed by atoms with Gasteiger partial charge in [0.1, 0.15) is 29.0 Å². The van der Waals surface area contributed by atoms with Gasteiger partial charge in [-0.25, -0.2) is 0 Å². The van der Waals surface area contributed by atoms with E-state index in [2.05, 4.69) is 15.9 Å². The van der Waals surface area contributed by atoms with Gasteiger partial charge < -0.3 is 18.9 Å². The fourth-order valence-electron chi connectivity index (χ4n) is 2.99. The van der Waals surface area contributed by atoms with Gasteiger partial charge in [-0.3, -0.25) is 9.69 Å². The van der Waals surface area contributed by atoms with Crippen LogP contribution in [0.3, 0.4) is 0 Å². The third kappa shape index (κ3) is 5.96. The Morgan fingerprint density at radius 3 is 2.53 bits per heavy atom. The van der Waals surface area contributed by atoms with Crippen LogP contribution in [0, 0.1) is 0 Å². The summed E-state index contributed by atoms with van der Waals surface area (Å²) in [6, 6.07) is 11.1. The lowest BCUT2D eigenvalue weighted by Gasteiger charge is -2.15. The van der Waals surface area contributed by atoms with Crippen LogP contribution in [0.4, 0.5) is 0 Å². The van der Waals surface area contributed by atoms with Crippen LogP contribution in [0.2, 0.25) is 0 Å². The lowest BCUT2D eigenvalue weighted by Crippen LogP contribution is -2.27. The van der Waals surface area contributed by atoms with Crippen molar-refractivity contribution >= 4 is 56.2 Å². The Morgan fingerprint density at radius 1 is 1.09 bits per heavy atom. The van der Waals surface area contributed by atoms with Gasteiger partial charge in [0.15, 0.2) is 11.5 Å². The number of thioether (sulfide) groups is 1. The zero-order valence-electron chi connectivity index (χ0n) is 18.1. The van der Waals surface area contributed by atoms with Crippen molar-refractivity contribution in [3.05, 3.63) is 51.3 Å². The van der Waals surface area contributed by atoms with Crippen molar-refractivity contribution in [1.29, 1.82) is 0 Å². The summed E-state index contributed by atoms with van der Waals surface area (Å²) in [5, 5.41) is 0. The first-order chi connectivity index (χ1) is 15.5. The van der Waals surface area contributed by atoms with Gasteiger partial charge in [0.2, 0.25) is 0 Å². The van der Waals surface area contributed by atoms with E-state index in [1.165, 1.54) is 11.8 Å². The Kier molecular flexibility index (Phi) is 8.84. The van der Waals surface area contributed by atoms with E-state index in [-0.39, 0.29) is 5.91 Å². The molecule has 170 valence electrons. The summed E-state index contributed by atoms with van der Waals surface area (Å²) >= 11 is 10.2. The smallest absolute Gasteiger partial charge is 0.266 e. The molecule has 1 aliphatic heterocycles. The summed E-state index contributed by atoms with van der Waals surface area (Å²) < 4.78 is 24.0. The van der Waals surface area contributed by atoms with E-state index in [0.717, 1.165) is 15.8 Å². The highest BCUT2D eigenvalue weighted by Gasteiger charge is 2.30. The molecule has 2 aromatic carbocycles. The van der Waals surface area contributed by atoms with E-state index in [1.54, 1.807) is 12.0 Å². The predicted molar refractivity (Wildman–Crippen MR) is 135 cm³/mol. The molecule has 0 spiro atoms. The maximum atomic E-state index is 12.5. The number of ether oxygens (including phenoxy) is 4. The first-order valence-electron chi connectivity index (χ1n) is 10.1. The Bertz CT molecular complexity index is 1030.